The molecule has 0 aliphatic carbocycles. The SMILES string of the molecule is COCCC(O)C(C)N(C)C[C@H](C)C[C@@](C)(O)[C@H](OC1CC(N(C)C)CC(C)O1)[C@@H](C)[C@H](O)C(C)C=O. The van der Waals surface area contributed by atoms with Crippen LogP contribution in [0.5, 0.6) is 0 Å². The molecular weight excluding hydrogens is 476 g/mol. The van der Waals surface area contributed by atoms with Crippen molar-refractivity contribution in [3.63, 3.8) is 0 Å². The number of aldehydes is 1. The number of ether oxygens (including phenoxy) is 3. The number of carbonyl (C=O) groups excluding carboxylic acids is 1. The second kappa shape index (κ2) is 15.8. The largest absolute Gasteiger partial charge is 0.392 e. The minimum atomic E-state index is -1.29. The minimum Gasteiger partial charge on any atom is -0.392 e. The predicted octanol–water partition coefficient (Wildman–Crippen LogP) is 2.15. The lowest BCUT2D eigenvalue weighted by Crippen LogP contribution is -2.54. The molecule has 0 saturated carbocycles. The first-order chi connectivity index (χ1) is 17.1. The van der Waals surface area contributed by atoms with Crippen LogP contribution >= 0.6 is 0 Å². The zero-order valence-corrected chi connectivity index (χ0v) is 25.0. The molecule has 1 heterocycles. The van der Waals surface area contributed by atoms with Crippen molar-refractivity contribution in [2.45, 2.75) is 116 Å². The van der Waals surface area contributed by atoms with Crippen LogP contribution in [0.25, 0.3) is 0 Å². The van der Waals surface area contributed by atoms with Gasteiger partial charge in [0.05, 0.1) is 30.0 Å². The van der Waals surface area contributed by atoms with E-state index in [1.807, 2.05) is 41.9 Å². The van der Waals surface area contributed by atoms with Gasteiger partial charge in [-0.2, -0.15) is 0 Å². The highest BCUT2D eigenvalue weighted by Gasteiger charge is 2.44. The summed E-state index contributed by atoms with van der Waals surface area (Å²) in [6.45, 7) is 12.5. The second-order valence-electron chi connectivity index (χ2n) is 12.1. The first-order valence-corrected chi connectivity index (χ1v) is 13.8. The third-order valence-corrected chi connectivity index (χ3v) is 8.10. The summed E-state index contributed by atoms with van der Waals surface area (Å²) in [6.07, 6.45) is 0.515. The lowest BCUT2D eigenvalue weighted by atomic mass is 9.78. The van der Waals surface area contributed by atoms with Crippen LogP contribution in [0.3, 0.4) is 0 Å². The number of aliphatic hydroxyl groups excluding tert-OH is 2. The lowest BCUT2D eigenvalue weighted by Gasteiger charge is -2.45. The molecule has 0 aromatic carbocycles. The summed E-state index contributed by atoms with van der Waals surface area (Å²) < 4.78 is 17.7. The van der Waals surface area contributed by atoms with Crippen molar-refractivity contribution in [2.24, 2.45) is 17.8 Å². The maximum Gasteiger partial charge on any atom is 0.159 e. The molecule has 1 fully saturated rings. The van der Waals surface area contributed by atoms with Gasteiger partial charge >= 0.3 is 0 Å². The molecule has 0 radical (unpaired) electrons. The first kappa shape index (κ1) is 34.4. The average molecular weight is 533 g/mol. The summed E-state index contributed by atoms with van der Waals surface area (Å²) in [4.78, 5) is 15.7. The average Bonchev–Trinajstić information content (AvgIpc) is 2.82. The van der Waals surface area contributed by atoms with Gasteiger partial charge in [0, 0.05) is 50.6 Å². The molecular formula is C28H56N2O7. The molecule has 0 bridgehead atoms. The number of carbonyl (C=O) groups is 1. The van der Waals surface area contributed by atoms with Crippen LogP contribution in [-0.4, -0.2) is 121 Å². The molecule has 11 atom stereocenters. The van der Waals surface area contributed by atoms with Crippen molar-refractivity contribution >= 4 is 6.29 Å². The molecule has 9 heteroatoms. The molecule has 6 unspecified atom stereocenters. The number of nitrogens with zero attached hydrogens (tertiary/aromatic N) is 2. The lowest BCUT2D eigenvalue weighted by molar-refractivity contribution is -0.266. The van der Waals surface area contributed by atoms with Gasteiger partial charge in [-0.1, -0.05) is 20.8 Å². The number of hydrogen-bond acceptors (Lipinski definition) is 9. The van der Waals surface area contributed by atoms with Gasteiger partial charge in [-0.3, -0.25) is 0 Å². The van der Waals surface area contributed by atoms with Crippen LogP contribution in [0, 0.1) is 17.8 Å². The monoisotopic (exact) mass is 532 g/mol. The summed E-state index contributed by atoms with van der Waals surface area (Å²) in [6, 6.07) is 0.218. The quantitative estimate of drug-likeness (QED) is 0.243. The van der Waals surface area contributed by atoms with Gasteiger partial charge in [0.15, 0.2) is 6.29 Å². The number of rotatable bonds is 17. The molecule has 0 aromatic rings. The zero-order chi connectivity index (χ0) is 28.5. The Morgan fingerprint density at radius 3 is 2.30 bits per heavy atom. The van der Waals surface area contributed by atoms with E-state index in [4.69, 9.17) is 14.2 Å². The Hall–Kier alpha value is -0.650. The van der Waals surface area contributed by atoms with E-state index < -0.39 is 42.0 Å². The fraction of sp³-hybridized carbons (Fsp3) is 0.964. The van der Waals surface area contributed by atoms with E-state index in [2.05, 4.69) is 16.7 Å². The van der Waals surface area contributed by atoms with Crippen molar-refractivity contribution in [2.75, 3.05) is 41.4 Å². The Bertz CT molecular complexity index is 650. The molecule has 220 valence electrons. The molecule has 0 aromatic heterocycles. The molecule has 1 rings (SSSR count). The van der Waals surface area contributed by atoms with E-state index in [1.54, 1.807) is 21.0 Å². The van der Waals surface area contributed by atoms with E-state index in [1.165, 1.54) is 0 Å². The Morgan fingerprint density at radius 2 is 1.76 bits per heavy atom. The van der Waals surface area contributed by atoms with E-state index >= 15 is 0 Å². The van der Waals surface area contributed by atoms with Crippen molar-refractivity contribution in [3.8, 4) is 0 Å². The minimum absolute atomic E-state index is 0.00414. The second-order valence-corrected chi connectivity index (χ2v) is 12.1. The van der Waals surface area contributed by atoms with Gasteiger partial charge in [-0.15, -0.1) is 0 Å². The maximum atomic E-state index is 11.8. The third kappa shape index (κ3) is 10.8. The highest BCUT2D eigenvalue weighted by molar-refractivity contribution is 5.53. The molecule has 37 heavy (non-hydrogen) atoms. The van der Waals surface area contributed by atoms with Gasteiger partial charge < -0.3 is 44.1 Å². The van der Waals surface area contributed by atoms with Crippen LogP contribution in [0.1, 0.15) is 67.2 Å². The topological polar surface area (TPSA) is 112 Å². The summed E-state index contributed by atoms with van der Waals surface area (Å²) in [5.41, 5.74) is -1.29. The van der Waals surface area contributed by atoms with E-state index in [0.29, 0.717) is 32.4 Å². The summed E-state index contributed by atoms with van der Waals surface area (Å²) in [5, 5.41) is 33.2. The molecule has 0 spiro atoms. The zero-order valence-electron chi connectivity index (χ0n) is 25.0. The van der Waals surface area contributed by atoms with E-state index in [-0.39, 0.29) is 24.1 Å². The van der Waals surface area contributed by atoms with E-state index in [9.17, 15) is 20.1 Å². The number of methoxy groups -OCH3 is 1. The molecule has 9 nitrogen and oxygen atoms in total. The standard InChI is InChI=1S/C28H56N2O7/c1-18(16-30(9)22(5)24(32)11-12-35-10)15-28(6,34)27(21(4)26(33)19(2)17-31)37-25-14-23(29(7)8)13-20(3)36-25/h17-27,32-34H,11-16H2,1-10H3/t18-,19?,20?,21+,22?,23?,24?,25?,26-,27-,28-/m1/s1. The molecule has 1 aliphatic heterocycles. The van der Waals surface area contributed by atoms with Crippen molar-refractivity contribution in [3.05, 3.63) is 0 Å². The predicted molar refractivity (Wildman–Crippen MR) is 145 cm³/mol. The molecule has 0 amide bonds. The Balaban J connectivity index is 3.04. The highest BCUT2D eigenvalue weighted by Crippen LogP contribution is 2.35. The Morgan fingerprint density at radius 1 is 1.14 bits per heavy atom. The van der Waals surface area contributed by atoms with Crippen LogP contribution < -0.4 is 0 Å². The Labute approximate surface area is 225 Å². The fourth-order valence-electron chi connectivity index (χ4n) is 5.64. The van der Waals surface area contributed by atoms with Gasteiger partial charge in [-0.05, 0) is 67.1 Å². The molecule has 1 aliphatic rings. The number of hydrogen-bond donors (Lipinski definition) is 3. The molecule has 3 N–H and O–H groups in total. The van der Waals surface area contributed by atoms with E-state index in [0.717, 1.165) is 12.7 Å². The van der Waals surface area contributed by atoms with Crippen LogP contribution in [0.15, 0.2) is 0 Å². The van der Waals surface area contributed by atoms with Gasteiger partial charge in [0.1, 0.15) is 6.29 Å². The highest BCUT2D eigenvalue weighted by atomic mass is 16.7. The van der Waals surface area contributed by atoms with Gasteiger partial charge in [0.2, 0.25) is 0 Å². The van der Waals surface area contributed by atoms with Gasteiger partial charge in [-0.25, -0.2) is 0 Å². The number of aliphatic hydroxyl groups is 3. The third-order valence-electron chi connectivity index (χ3n) is 8.10. The van der Waals surface area contributed by atoms with Crippen molar-refractivity contribution in [1.29, 1.82) is 0 Å². The van der Waals surface area contributed by atoms with Crippen LogP contribution in [0.4, 0.5) is 0 Å². The fourth-order valence-corrected chi connectivity index (χ4v) is 5.64. The van der Waals surface area contributed by atoms with Crippen LogP contribution in [0.2, 0.25) is 0 Å². The normalized spacial score (nSPS) is 28.2. The first-order valence-electron chi connectivity index (χ1n) is 13.8. The van der Waals surface area contributed by atoms with Crippen molar-refractivity contribution in [1.82, 2.24) is 9.80 Å². The van der Waals surface area contributed by atoms with Crippen molar-refractivity contribution < 1.29 is 34.3 Å². The van der Waals surface area contributed by atoms with Crippen LogP contribution in [-0.2, 0) is 19.0 Å². The maximum absolute atomic E-state index is 11.8. The summed E-state index contributed by atoms with van der Waals surface area (Å²) in [7, 11) is 7.67. The number of likely N-dealkylation sites (N-methyl/N-ethyl adjacent to an activating group) is 1. The summed E-state index contributed by atoms with van der Waals surface area (Å²) >= 11 is 0. The summed E-state index contributed by atoms with van der Waals surface area (Å²) in [5.74, 6) is -1.03. The van der Waals surface area contributed by atoms with Gasteiger partial charge in [0.25, 0.3) is 0 Å². The molecule has 1 saturated heterocycles. The smallest absolute Gasteiger partial charge is 0.159 e. The Kier molecular flexibility index (Phi) is 14.7.